The molecule has 1 atom stereocenters. The molecule has 3 aromatic heterocycles. The molecule has 3 N–H and O–H groups in total. The van der Waals surface area contributed by atoms with Crippen LogP contribution in [0.15, 0.2) is 48.8 Å². The van der Waals surface area contributed by atoms with Crippen LogP contribution in [-0.2, 0) is 0 Å². The topological polar surface area (TPSA) is 107 Å². The van der Waals surface area contributed by atoms with Crippen molar-refractivity contribution in [3.05, 3.63) is 70.9 Å². The molecule has 0 saturated carbocycles. The van der Waals surface area contributed by atoms with Crippen molar-refractivity contribution in [1.29, 1.82) is 0 Å². The van der Waals surface area contributed by atoms with Crippen molar-refractivity contribution in [3.63, 3.8) is 0 Å². The number of rotatable bonds is 5. The number of ether oxygens (including phenoxy) is 1. The highest BCUT2D eigenvalue weighted by atomic mass is 35.5. The van der Waals surface area contributed by atoms with Crippen molar-refractivity contribution in [2.45, 2.75) is 19.3 Å². The van der Waals surface area contributed by atoms with Crippen LogP contribution in [0.4, 0.5) is 23.5 Å². The van der Waals surface area contributed by atoms with Gasteiger partial charge in [0.25, 0.3) is 5.91 Å². The lowest BCUT2D eigenvalue weighted by Gasteiger charge is -2.17. The van der Waals surface area contributed by atoms with E-state index in [0.29, 0.717) is 16.8 Å². The first-order chi connectivity index (χ1) is 16.0. The van der Waals surface area contributed by atoms with Gasteiger partial charge in [-0.3, -0.25) is 4.79 Å². The number of benzene rings is 1. The maximum absolute atomic E-state index is 14.2. The first-order valence-electron chi connectivity index (χ1n) is 9.64. The monoisotopic (exact) mass is 494 g/mol. The van der Waals surface area contributed by atoms with Gasteiger partial charge in [-0.2, -0.15) is 4.98 Å². The highest BCUT2D eigenvalue weighted by Gasteiger charge is 2.31. The summed E-state index contributed by atoms with van der Waals surface area (Å²) in [5.41, 5.74) is 6.95. The maximum atomic E-state index is 14.2. The number of nitrogens with one attached hydrogen (secondary N) is 1. The van der Waals surface area contributed by atoms with Gasteiger partial charge in [0, 0.05) is 23.5 Å². The van der Waals surface area contributed by atoms with E-state index in [-0.39, 0.29) is 22.2 Å². The van der Waals surface area contributed by atoms with E-state index >= 15 is 0 Å². The maximum Gasteiger partial charge on any atom is 0.573 e. The summed E-state index contributed by atoms with van der Waals surface area (Å²) in [4.78, 5) is 20.9. The number of amides is 1. The number of carbonyl (C=O) groups is 1. The summed E-state index contributed by atoms with van der Waals surface area (Å²) in [5, 5.41) is 6.63. The Morgan fingerprint density at radius 3 is 2.74 bits per heavy atom. The number of nitrogens with zero attached hydrogens (tertiary/aromatic N) is 4. The third-order valence-electron chi connectivity index (χ3n) is 4.78. The van der Waals surface area contributed by atoms with Crippen molar-refractivity contribution < 1.29 is 27.1 Å². The van der Waals surface area contributed by atoms with Gasteiger partial charge in [0.15, 0.2) is 5.65 Å². The average Bonchev–Trinajstić information content (AvgIpc) is 3.13. The number of pyridine rings is 2. The second-order valence-electron chi connectivity index (χ2n) is 7.18. The van der Waals surface area contributed by atoms with Crippen LogP contribution in [0.2, 0.25) is 5.15 Å². The summed E-state index contributed by atoms with van der Waals surface area (Å²) >= 11 is 6.22. The summed E-state index contributed by atoms with van der Waals surface area (Å²) < 4.78 is 57.0. The van der Waals surface area contributed by atoms with Gasteiger partial charge in [-0.25, -0.2) is 13.9 Å². The molecular weight excluding hydrogens is 480 g/mol. The van der Waals surface area contributed by atoms with E-state index in [4.69, 9.17) is 17.3 Å². The highest BCUT2D eigenvalue weighted by Crippen LogP contribution is 2.29. The molecule has 0 saturated heterocycles. The second-order valence-corrected chi connectivity index (χ2v) is 7.53. The van der Waals surface area contributed by atoms with Gasteiger partial charge in [-0.15, -0.1) is 18.3 Å². The SMILES string of the molecule is C[C@H](NC(=O)c1cnc(Cl)c(-c2ccn3nc(N)nc3c2)c1)c1cc(OC(F)(F)F)ccc1F. The smallest absolute Gasteiger partial charge is 0.406 e. The number of hydrogen-bond donors (Lipinski definition) is 2. The Labute approximate surface area is 194 Å². The van der Waals surface area contributed by atoms with Gasteiger partial charge in [0.1, 0.15) is 16.7 Å². The number of halogens is 5. The lowest BCUT2D eigenvalue weighted by atomic mass is 10.1. The molecule has 1 amide bonds. The van der Waals surface area contributed by atoms with E-state index < -0.39 is 29.9 Å². The molecule has 4 aromatic rings. The molecule has 4 rings (SSSR count). The quantitative estimate of drug-likeness (QED) is 0.311. The molecule has 0 aliphatic rings. The third kappa shape index (κ3) is 5.01. The lowest BCUT2D eigenvalue weighted by molar-refractivity contribution is -0.274. The zero-order valence-electron chi connectivity index (χ0n) is 17.3. The van der Waals surface area contributed by atoms with Crippen LogP contribution in [0.3, 0.4) is 0 Å². The van der Waals surface area contributed by atoms with E-state index in [1.165, 1.54) is 23.7 Å². The first-order valence-corrected chi connectivity index (χ1v) is 10.0. The zero-order valence-corrected chi connectivity index (χ0v) is 18.0. The zero-order chi connectivity index (χ0) is 24.6. The minimum absolute atomic E-state index is 0.0837. The Morgan fingerprint density at radius 1 is 1.24 bits per heavy atom. The Balaban J connectivity index is 1.58. The van der Waals surface area contributed by atoms with Crippen molar-refractivity contribution in [1.82, 2.24) is 24.9 Å². The average molecular weight is 495 g/mol. The van der Waals surface area contributed by atoms with E-state index in [9.17, 15) is 22.4 Å². The molecule has 13 heteroatoms. The van der Waals surface area contributed by atoms with Crippen LogP contribution < -0.4 is 15.8 Å². The van der Waals surface area contributed by atoms with Gasteiger partial charge >= 0.3 is 6.36 Å². The van der Waals surface area contributed by atoms with Crippen LogP contribution in [0, 0.1) is 5.82 Å². The molecule has 8 nitrogen and oxygen atoms in total. The molecule has 0 fully saturated rings. The van der Waals surface area contributed by atoms with E-state index in [1.54, 1.807) is 18.3 Å². The summed E-state index contributed by atoms with van der Waals surface area (Å²) in [6, 6.07) is 6.36. The largest absolute Gasteiger partial charge is 0.573 e. The van der Waals surface area contributed by atoms with Gasteiger partial charge < -0.3 is 15.8 Å². The predicted molar refractivity (Wildman–Crippen MR) is 115 cm³/mol. The minimum Gasteiger partial charge on any atom is -0.406 e. The molecule has 1 aromatic carbocycles. The second kappa shape index (κ2) is 8.78. The minimum atomic E-state index is -4.94. The number of carbonyl (C=O) groups excluding carboxylic acids is 1. The van der Waals surface area contributed by atoms with Crippen molar-refractivity contribution in [2.24, 2.45) is 0 Å². The molecular formula is C21H15ClF4N6O2. The summed E-state index contributed by atoms with van der Waals surface area (Å²) in [6.07, 6.45) is -2.10. The molecule has 0 bridgehead atoms. The van der Waals surface area contributed by atoms with E-state index in [1.807, 2.05) is 0 Å². The third-order valence-corrected chi connectivity index (χ3v) is 5.08. The normalized spacial score (nSPS) is 12.5. The number of anilines is 1. The van der Waals surface area contributed by atoms with E-state index in [0.717, 1.165) is 18.2 Å². The molecule has 0 spiro atoms. The van der Waals surface area contributed by atoms with Gasteiger partial charge in [-0.1, -0.05) is 11.6 Å². The fourth-order valence-corrected chi connectivity index (χ4v) is 3.46. The van der Waals surface area contributed by atoms with Gasteiger partial charge in [0.2, 0.25) is 5.95 Å². The molecule has 0 radical (unpaired) electrons. The summed E-state index contributed by atoms with van der Waals surface area (Å²) in [5.74, 6) is -1.98. The number of hydrogen-bond acceptors (Lipinski definition) is 6. The Kier molecular flexibility index (Phi) is 6.00. The lowest BCUT2D eigenvalue weighted by Crippen LogP contribution is -2.27. The predicted octanol–water partition coefficient (Wildman–Crippen LogP) is 4.56. The molecule has 3 heterocycles. The first kappa shape index (κ1) is 23.2. The van der Waals surface area contributed by atoms with Gasteiger partial charge in [0.05, 0.1) is 11.6 Å². The van der Waals surface area contributed by atoms with Crippen LogP contribution in [0.1, 0.15) is 28.9 Å². The summed E-state index contributed by atoms with van der Waals surface area (Å²) in [6.45, 7) is 1.42. The number of aromatic nitrogens is 4. The number of nitrogens with two attached hydrogens (primary N) is 1. The van der Waals surface area contributed by atoms with Crippen molar-refractivity contribution >= 4 is 29.1 Å². The molecule has 0 unspecified atom stereocenters. The summed E-state index contributed by atoms with van der Waals surface area (Å²) in [7, 11) is 0. The Hall–Kier alpha value is -3.93. The fraction of sp³-hybridized carbons (Fsp3) is 0.143. The van der Waals surface area contributed by atoms with Crippen molar-refractivity contribution in [2.75, 3.05) is 5.73 Å². The fourth-order valence-electron chi connectivity index (χ4n) is 3.25. The molecule has 0 aliphatic heterocycles. The van der Waals surface area contributed by atoms with Gasteiger partial charge in [-0.05, 0) is 48.9 Å². The van der Waals surface area contributed by atoms with Crippen molar-refractivity contribution in [3.8, 4) is 16.9 Å². The Morgan fingerprint density at radius 2 is 2.00 bits per heavy atom. The van der Waals surface area contributed by atoms with Crippen LogP contribution in [-0.4, -0.2) is 31.9 Å². The molecule has 176 valence electrons. The Bertz CT molecular complexity index is 1390. The number of nitrogen functional groups attached to an aromatic ring is 1. The number of alkyl halides is 3. The van der Waals surface area contributed by atoms with Crippen LogP contribution in [0.25, 0.3) is 16.8 Å². The molecule has 0 aliphatic carbocycles. The van der Waals surface area contributed by atoms with Crippen LogP contribution in [0.5, 0.6) is 5.75 Å². The van der Waals surface area contributed by atoms with Crippen LogP contribution >= 0.6 is 11.6 Å². The number of fused-ring (bicyclic) bond motifs is 1. The highest BCUT2D eigenvalue weighted by molar-refractivity contribution is 6.32. The molecule has 34 heavy (non-hydrogen) atoms. The standard InChI is InChI=1S/C21H15ClF4N6O2/c1-10(14-8-13(2-3-16(14)23)34-21(24,25)26)29-19(33)12-6-15(18(22)28-9-12)11-4-5-32-17(7-11)30-20(27)31-32/h2-10H,1H3,(H2,27,31)(H,29,33)/t10-/m0/s1. The van der Waals surface area contributed by atoms with E-state index in [2.05, 4.69) is 25.1 Å².